The Balaban J connectivity index is 1.59. The minimum atomic E-state index is -0.330. The predicted molar refractivity (Wildman–Crippen MR) is 83.9 cm³/mol. The van der Waals surface area contributed by atoms with Gasteiger partial charge in [0.15, 0.2) is 0 Å². The van der Waals surface area contributed by atoms with Crippen molar-refractivity contribution in [1.29, 1.82) is 0 Å². The number of benzene rings is 2. The van der Waals surface area contributed by atoms with Crippen molar-refractivity contribution >= 4 is 5.97 Å². The largest absolute Gasteiger partial charge is 0.423 e. The smallest absolute Gasteiger partial charge is 0.343 e. The molecule has 0 aliphatic carbocycles. The topological polar surface area (TPSA) is 38.8 Å². The molecule has 1 fully saturated rings. The third kappa shape index (κ3) is 3.93. The summed E-state index contributed by atoms with van der Waals surface area (Å²) < 4.78 is 10.7. The van der Waals surface area contributed by atoms with Crippen molar-refractivity contribution in [2.45, 2.75) is 6.54 Å². The van der Waals surface area contributed by atoms with Crippen LogP contribution in [-0.2, 0) is 11.3 Å². The van der Waals surface area contributed by atoms with E-state index >= 15 is 0 Å². The van der Waals surface area contributed by atoms with Gasteiger partial charge < -0.3 is 9.47 Å². The van der Waals surface area contributed by atoms with Crippen LogP contribution in [-0.4, -0.2) is 37.2 Å². The van der Waals surface area contributed by atoms with Crippen molar-refractivity contribution in [3.8, 4) is 5.75 Å². The second kappa shape index (κ2) is 7.20. The second-order valence-electron chi connectivity index (χ2n) is 5.29. The fraction of sp³-hybridized carbons (Fsp3) is 0.278. The first kappa shape index (κ1) is 14.8. The number of morpholine rings is 1. The molecule has 0 bridgehead atoms. The summed E-state index contributed by atoms with van der Waals surface area (Å²) in [5, 5.41) is 0. The molecule has 114 valence electrons. The van der Waals surface area contributed by atoms with Gasteiger partial charge in [-0.3, -0.25) is 4.90 Å². The molecule has 4 nitrogen and oxygen atoms in total. The standard InChI is InChI=1S/C18H19NO3/c20-18(22-17-4-2-1-3-5-17)16-8-6-15(7-9-16)14-19-10-12-21-13-11-19/h1-9H,10-14H2. The molecule has 0 amide bonds. The van der Waals surface area contributed by atoms with Gasteiger partial charge in [0.1, 0.15) is 5.75 Å². The van der Waals surface area contributed by atoms with Crippen LogP contribution < -0.4 is 4.74 Å². The van der Waals surface area contributed by atoms with Gasteiger partial charge in [-0.15, -0.1) is 0 Å². The average molecular weight is 297 g/mol. The number of ether oxygens (including phenoxy) is 2. The molecule has 0 atom stereocenters. The van der Waals surface area contributed by atoms with E-state index in [1.165, 1.54) is 5.56 Å². The van der Waals surface area contributed by atoms with Crippen LogP contribution in [0.2, 0.25) is 0 Å². The number of para-hydroxylation sites is 1. The summed E-state index contributed by atoms with van der Waals surface area (Å²) in [6, 6.07) is 16.7. The minimum absolute atomic E-state index is 0.330. The summed E-state index contributed by atoms with van der Waals surface area (Å²) in [6.45, 7) is 4.38. The van der Waals surface area contributed by atoms with E-state index < -0.39 is 0 Å². The van der Waals surface area contributed by atoms with Gasteiger partial charge >= 0.3 is 5.97 Å². The Hall–Kier alpha value is -2.17. The highest BCUT2D eigenvalue weighted by Gasteiger charge is 2.12. The zero-order valence-electron chi connectivity index (χ0n) is 12.4. The van der Waals surface area contributed by atoms with Gasteiger partial charge in [-0.1, -0.05) is 30.3 Å². The van der Waals surface area contributed by atoms with Crippen LogP contribution >= 0.6 is 0 Å². The summed E-state index contributed by atoms with van der Waals surface area (Å²) in [5.74, 6) is 0.231. The number of hydrogen-bond acceptors (Lipinski definition) is 4. The fourth-order valence-electron chi connectivity index (χ4n) is 2.42. The van der Waals surface area contributed by atoms with E-state index in [4.69, 9.17) is 9.47 Å². The lowest BCUT2D eigenvalue weighted by atomic mass is 10.1. The van der Waals surface area contributed by atoms with Crippen LogP contribution in [0.1, 0.15) is 15.9 Å². The van der Waals surface area contributed by atoms with Crippen LogP contribution in [0.3, 0.4) is 0 Å². The Labute approximate surface area is 130 Å². The summed E-state index contributed by atoms with van der Waals surface area (Å²) in [6.07, 6.45) is 0. The van der Waals surface area contributed by atoms with Crippen molar-refractivity contribution < 1.29 is 14.3 Å². The van der Waals surface area contributed by atoms with Crippen LogP contribution in [0.15, 0.2) is 54.6 Å². The van der Waals surface area contributed by atoms with Crippen molar-refractivity contribution in [2.75, 3.05) is 26.3 Å². The Morgan fingerprint density at radius 3 is 2.36 bits per heavy atom. The maximum atomic E-state index is 12.1. The number of carbonyl (C=O) groups excluding carboxylic acids is 1. The Morgan fingerprint density at radius 1 is 1.00 bits per heavy atom. The summed E-state index contributed by atoms with van der Waals surface area (Å²) in [7, 11) is 0. The zero-order valence-corrected chi connectivity index (χ0v) is 12.4. The molecule has 1 heterocycles. The maximum absolute atomic E-state index is 12.1. The number of carbonyl (C=O) groups is 1. The van der Waals surface area contributed by atoms with Gasteiger partial charge in [-0.05, 0) is 29.8 Å². The van der Waals surface area contributed by atoms with Crippen molar-refractivity contribution in [2.24, 2.45) is 0 Å². The Kier molecular flexibility index (Phi) is 4.83. The summed E-state index contributed by atoms with van der Waals surface area (Å²) in [4.78, 5) is 14.4. The first-order chi connectivity index (χ1) is 10.8. The van der Waals surface area contributed by atoms with Crippen molar-refractivity contribution in [3.05, 3.63) is 65.7 Å². The molecule has 0 N–H and O–H groups in total. The lowest BCUT2D eigenvalue weighted by Gasteiger charge is -2.26. The number of hydrogen-bond donors (Lipinski definition) is 0. The Morgan fingerprint density at radius 2 is 1.68 bits per heavy atom. The maximum Gasteiger partial charge on any atom is 0.343 e. The third-order valence-electron chi connectivity index (χ3n) is 3.65. The van der Waals surface area contributed by atoms with Gasteiger partial charge in [0.2, 0.25) is 0 Å². The third-order valence-corrected chi connectivity index (χ3v) is 3.65. The highest BCUT2D eigenvalue weighted by molar-refractivity contribution is 5.91. The van der Waals surface area contributed by atoms with E-state index in [-0.39, 0.29) is 5.97 Å². The van der Waals surface area contributed by atoms with Crippen molar-refractivity contribution in [1.82, 2.24) is 4.90 Å². The summed E-state index contributed by atoms with van der Waals surface area (Å²) >= 11 is 0. The molecule has 0 spiro atoms. The Bertz CT molecular complexity index is 604. The van der Waals surface area contributed by atoms with Crippen molar-refractivity contribution in [3.63, 3.8) is 0 Å². The van der Waals surface area contributed by atoms with E-state index in [1.807, 2.05) is 42.5 Å². The number of rotatable bonds is 4. The molecule has 3 rings (SSSR count). The molecule has 0 radical (unpaired) electrons. The monoisotopic (exact) mass is 297 g/mol. The second-order valence-corrected chi connectivity index (χ2v) is 5.29. The van der Waals surface area contributed by atoms with E-state index in [2.05, 4.69) is 4.90 Å². The van der Waals surface area contributed by atoms with E-state index in [9.17, 15) is 4.79 Å². The van der Waals surface area contributed by atoms with Crippen LogP contribution in [0, 0.1) is 0 Å². The molecule has 0 unspecified atom stereocenters. The number of nitrogens with zero attached hydrogens (tertiary/aromatic N) is 1. The quantitative estimate of drug-likeness (QED) is 0.642. The molecule has 1 saturated heterocycles. The zero-order chi connectivity index (χ0) is 15.2. The fourth-order valence-corrected chi connectivity index (χ4v) is 2.42. The predicted octanol–water partition coefficient (Wildman–Crippen LogP) is 2.74. The molecule has 1 aliphatic rings. The molecule has 0 aromatic heterocycles. The summed E-state index contributed by atoms with van der Waals surface area (Å²) in [5.41, 5.74) is 1.76. The van der Waals surface area contributed by atoms with E-state index in [1.54, 1.807) is 12.1 Å². The molecule has 4 heteroatoms. The lowest BCUT2D eigenvalue weighted by Crippen LogP contribution is -2.35. The molecule has 2 aromatic rings. The van der Waals surface area contributed by atoms with Crippen LogP contribution in [0.4, 0.5) is 0 Å². The van der Waals surface area contributed by atoms with Gasteiger partial charge in [0.25, 0.3) is 0 Å². The molecule has 2 aromatic carbocycles. The van der Waals surface area contributed by atoms with E-state index in [0.717, 1.165) is 32.8 Å². The minimum Gasteiger partial charge on any atom is -0.423 e. The van der Waals surface area contributed by atoms with Gasteiger partial charge in [0, 0.05) is 19.6 Å². The van der Waals surface area contributed by atoms with Crippen LogP contribution in [0.5, 0.6) is 5.75 Å². The first-order valence-corrected chi connectivity index (χ1v) is 7.47. The first-order valence-electron chi connectivity index (χ1n) is 7.47. The SMILES string of the molecule is O=C(Oc1ccccc1)c1ccc(CN2CCOCC2)cc1. The normalized spacial score (nSPS) is 15.5. The van der Waals surface area contributed by atoms with E-state index in [0.29, 0.717) is 11.3 Å². The van der Waals surface area contributed by atoms with Gasteiger partial charge in [-0.25, -0.2) is 4.79 Å². The molecule has 22 heavy (non-hydrogen) atoms. The molecule has 0 saturated carbocycles. The lowest BCUT2D eigenvalue weighted by molar-refractivity contribution is 0.0342. The molecular weight excluding hydrogens is 278 g/mol. The number of esters is 1. The van der Waals surface area contributed by atoms with Gasteiger partial charge in [-0.2, -0.15) is 0 Å². The highest BCUT2D eigenvalue weighted by atomic mass is 16.5. The van der Waals surface area contributed by atoms with Gasteiger partial charge in [0.05, 0.1) is 18.8 Å². The van der Waals surface area contributed by atoms with Crippen LogP contribution in [0.25, 0.3) is 0 Å². The average Bonchev–Trinajstić information content (AvgIpc) is 2.57. The highest BCUT2D eigenvalue weighted by Crippen LogP contribution is 2.13. The molecule has 1 aliphatic heterocycles. The molecular formula is C18H19NO3.